The van der Waals surface area contributed by atoms with Gasteiger partial charge in [-0.25, -0.2) is 0 Å². The van der Waals surface area contributed by atoms with Gasteiger partial charge in [0.1, 0.15) is 12.3 Å². The Bertz CT molecular complexity index is 596. The summed E-state index contributed by atoms with van der Waals surface area (Å²) in [7, 11) is 1.52. The Morgan fingerprint density at radius 3 is 2.68 bits per heavy atom. The second-order valence-electron chi connectivity index (χ2n) is 3.66. The first-order valence-corrected chi connectivity index (χ1v) is 6.04. The highest BCUT2D eigenvalue weighted by atomic mass is 32.1. The number of aromatic nitrogens is 1. The lowest BCUT2D eigenvalue weighted by atomic mass is 10.2. The Labute approximate surface area is 116 Å². The van der Waals surface area contributed by atoms with Gasteiger partial charge in [-0.05, 0) is 23.8 Å². The van der Waals surface area contributed by atoms with Crippen LogP contribution in [0.5, 0.6) is 11.8 Å². The van der Waals surface area contributed by atoms with Crippen molar-refractivity contribution >= 4 is 23.1 Å². The first-order valence-electron chi connectivity index (χ1n) is 5.63. The molecular formula is C14H12N2O2S. The van der Waals surface area contributed by atoms with Crippen LogP contribution >= 0.6 is 12.2 Å². The fourth-order valence-corrected chi connectivity index (χ4v) is 1.61. The maximum absolute atomic E-state index is 5.59. The SMILES string of the molecule is COc1nc(OCc2ccccc2)ccc1N=C=S. The number of nitrogens with zero attached hydrogens (tertiary/aromatic N) is 2. The lowest BCUT2D eigenvalue weighted by Crippen LogP contribution is -1.98. The van der Waals surface area contributed by atoms with E-state index < -0.39 is 0 Å². The summed E-state index contributed by atoms with van der Waals surface area (Å²) < 4.78 is 10.7. The summed E-state index contributed by atoms with van der Waals surface area (Å²) in [5, 5.41) is 2.28. The number of aliphatic imine (C=N–C) groups is 1. The van der Waals surface area contributed by atoms with Crippen LogP contribution in [0.4, 0.5) is 5.69 Å². The van der Waals surface area contributed by atoms with Gasteiger partial charge in [-0.1, -0.05) is 30.3 Å². The Morgan fingerprint density at radius 2 is 2.00 bits per heavy atom. The van der Waals surface area contributed by atoms with Crippen LogP contribution in [0.15, 0.2) is 47.5 Å². The Hall–Kier alpha value is -2.23. The van der Waals surface area contributed by atoms with E-state index in [9.17, 15) is 0 Å². The second-order valence-corrected chi connectivity index (χ2v) is 3.84. The highest BCUT2D eigenvalue weighted by molar-refractivity contribution is 7.78. The summed E-state index contributed by atoms with van der Waals surface area (Å²) in [4.78, 5) is 8.06. The van der Waals surface area contributed by atoms with Crippen molar-refractivity contribution in [2.75, 3.05) is 7.11 Å². The monoisotopic (exact) mass is 272 g/mol. The molecule has 4 nitrogen and oxygen atoms in total. The molecule has 0 aliphatic rings. The molecule has 1 heterocycles. The van der Waals surface area contributed by atoms with Crippen molar-refractivity contribution in [3.05, 3.63) is 48.0 Å². The summed E-state index contributed by atoms with van der Waals surface area (Å²) in [5.74, 6) is 0.840. The van der Waals surface area contributed by atoms with Gasteiger partial charge in [0.25, 0.3) is 0 Å². The summed E-state index contributed by atoms with van der Waals surface area (Å²) >= 11 is 4.56. The maximum atomic E-state index is 5.59. The fourth-order valence-electron chi connectivity index (χ4n) is 1.51. The standard InChI is InChI=1S/C14H12N2O2S/c1-17-14-12(15-10-19)7-8-13(16-14)18-9-11-5-3-2-4-6-11/h2-8H,9H2,1H3. The molecule has 0 bridgehead atoms. The van der Waals surface area contributed by atoms with Gasteiger partial charge in [0, 0.05) is 6.07 Å². The number of hydrogen-bond donors (Lipinski definition) is 0. The van der Waals surface area contributed by atoms with Gasteiger partial charge in [0.05, 0.1) is 12.3 Å². The average molecular weight is 272 g/mol. The van der Waals surface area contributed by atoms with Crippen LogP contribution < -0.4 is 9.47 Å². The third-order valence-corrected chi connectivity index (χ3v) is 2.49. The summed E-state index contributed by atoms with van der Waals surface area (Å²) in [6.45, 7) is 0.451. The number of pyridine rings is 1. The molecule has 0 saturated carbocycles. The zero-order chi connectivity index (χ0) is 13.5. The molecule has 1 aromatic heterocycles. The first-order chi connectivity index (χ1) is 9.33. The van der Waals surface area contributed by atoms with E-state index in [4.69, 9.17) is 9.47 Å². The van der Waals surface area contributed by atoms with Crippen LogP contribution in [0, 0.1) is 0 Å². The highest BCUT2D eigenvalue weighted by Gasteiger charge is 2.06. The Balaban J connectivity index is 2.11. The molecule has 0 N–H and O–H groups in total. The highest BCUT2D eigenvalue weighted by Crippen LogP contribution is 2.27. The zero-order valence-corrected chi connectivity index (χ0v) is 11.2. The van der Waals surface area contributed by atoms with Crippen LogP contribution in [0.3, 0.4) is 0 Å². The zero-order valence-electron chi connectivity index (χ0n) is 10.4. The van der Waals surface area contributed by atoms with E-state index in [-0.39, 0.29) is 0 Å². The lowest BCUT2D eigenvalue weighted by Gasteiger charge is -2.07. The van der Waals surface area contributed by atoms with E-state index >= 15 is 0 Å². The van der Waals surface area contributed by atoms with Crippen molar-refractivity contribution in [2.24, 2.45) is 4.99 Å². The van der Waals surface area contributed by atoms with Crippen molar-refractivity contribution in [1.29, 1.82) is 0 Å². The van der Waals surface area contributed by atoms with Crippen LogP contribution in [0.2, 0.25) is 0 Å². The van der Waals surface area contributed by atoms with Crippen molar-refractivity contribution in [1.82, 2.24) is 4.98 Å². The van der Waals surface area contributed by atoms with E-state index in [2.05, 4.69) is 27.4 Å². The number of thiocarbonyl (C=S) groups is 1. The van der Waals surface area contributed by atoms with Gasteiger partial charge in [-0.2, -0.15) is 9.98 Å². The molecule has 1 aromatic carbocycles. The fraction of sp³-hybridized carbons (Fsp3) is 0.143. The van der Waals surface area contributed by atoms with Crippen molar-refractivity contribution < 1.29 is 9.47 Å². The topological polar surface area (TPSA) is 43.7 Å². The predicted octanol–water partition coefficient (Wildman–Crippen LogP) is 3.40. The number of ether oxygens (including phenoxy) is 2. The largest absolute Gasteiger partial charge is 0.479 e. The normalized spacial score (nSPS) is 9.53. The van der Waals surface area contributed by atoms with E-state index in [1.165, 1.54) is 7.11 Å². The van der Waals surface area contributed by atoms with Gasteiger partial charge in [0.15, 0.2) is 0 Å². The van der Waals surface area contributed by atoms with Crippen molar-refractivity contribution in [2.45, 2.75) is 6.61 Å². The molecule has 2 aromatic rings. The minimum atomic E-state index is 0.364. The van der Waals surface area contributed by atoms with Gasteiger partial charge >= 0.3 is 0 Å². The molecule has 0 aliphatic heterocycles. The number of methoxy groups -OCH3 is 1. The number of rotatable bonds is 5. The van der Waals surface area contributed by atoms with E-state index in [0.29, 0.717) is 24.1 Å². The molecule has 0 radical (unpaired) electrons. The third kappa shape index (κ3) is 3.61. The molecule has 0 fully saturated rings. The summed E-state index contributed by atoms with van der Waals surface area (Å²) in [6.07, 6.45) is 0. The summed E-state index contributed by atoms with van der Waals surface area (Å²) in [5.41, 5.74) is 1.61. The smallest absolute Gasteiger partial charge is 0.243 e. The predicted molar refractivity (Wildman–Crippen MR) is 76.2 cm³/mol. The molecular weight excluding hydrogens is 260 g/mol. The minimum absolute atomic E-state index is 0.364. The molecule has 0 spiro atoms. The third-order valence-electron chi connectivity index (χ3n) is 2.40. The second kappa shape index (κ2) is 6.64. The first kappa shape index (κ1) is 13.2. The Kier molecular flexibility index (Phi) is 4.61. The molecule has 0 unspecified atom stereocenters. The molecule has 96 valence electrons. The van der Waals surface area contributed by atoms with Gasteiger partial charge in [-0.15, -0.1) is 0 Å². The lowest BCUT2D eigenvalue weighted by molar-refractivity contribution is 0.287. The summed E-state index contributed by atoms with van der Waals surface area (Å²) in [6, 6.07) is 13.3. The molecule has 0 amide bonds. The molecule has 2 rings (SSSR count). The molecule has 0 aliphatic carbocycles. The molecule has 0 saturated heterocycles. The van der Waals surface area contributed by atoms with Gasteiger partial charge < -0.3 is 9.47 Å². The van der Waals surface area contributed by atoms with E-state index in [1.807, 2.05) is 30.3 Å². The molecule has 0 atom stereocenters. The maximum Gasteiger partial charge on any atom is 0.243 e. The minimum Gasteiger partial charge on any atom is -0.479 e. The number of benzene rings is 1. The van der Waals surface area contributed by atoms with Crippen molar-refractivity contribution in [3.63, 3.8) is 0 Å². The molecule has 19 heavy (non-hydrogen) atoms. The average Bonchev–Trinajstić information content (AvgIpc) is 2.47. The van der Waals surface area contributed by atoms with Crippen LogP contribution in [0.25, 0.3) is 0 Å². The quantitative estimate of drug-likeness (QED) is 0.618. The Morgan fingerprint density at radius 1 is 1.21 bits per heavy atom. The van der Waals surface area contributed by atoms with Gasteiger partial charge in [0.2, 0.25) is 11.8 Å². The molecule has 5 heteroatoms. The van der Waals surface area contributed by atoms with E-state index in [1.54, 1.807) is 12.1 Å². The van der Waals surface area contributed by atoms with E-state index in [0.717, 1.165) is 5.56 Å². The van der Waals surface area contributed by atoms with Crippen LogP contribution in [0.1, 0.15) is 5.56 Å². The van der Waals surface area contributed by atoms with Crippen LogP contribution in [-0.4, -0.2) is 17.3 Å². The van der Waals surface area contributed by atoms with Crippen molar-refractivity contribution in [3.8, 4) is 11.8 Å². The van der Waals surface area contributed by atoms with Crippen LogP contribution in [-0.2, 0) is 6.61 Å². The number of hydrogen-bond acceptors (Lipinski definition) is 5. The number of isothiocyanates is 1. The van der Waals surface area contributed by atoms with Gasteiger partial charge in [-0.3, -0.25) is 0 Å².